The monoisotopic (exact) mass is 349 g/mol. The van der Waals surface area contributed by atoms with E-state index >= 15 is 0 Å². The maximum Gasteiger partial charge on any atom is 0.213 e. The van der Waals surface area contributed by atoms with Gasteiger partial charge in [-0.05, 0) is 26.3 Å². The van der Waals surface area contributed by atoms with Gasteiger partial charge in [-0.15, -0.1) is 0 Å². The first-order valence-electron chi connectivity index (χ1n) is 8.85. The SMILES string of the molecule is CN=C(NCCN1CCOCC1)NCc1ccc(OC(C)(C)C)nc1. The van der Waals surface area contributed by atoms with Crippen LogP contribution in [0.2, 0.25) is 0 Å². The number of nitrogens with one attached hydrogen (secondary N) is 2. The Kier molecular flexibility index (Phi) is 7.46. The minimum absolute atomic E-state index is 0.237. The molecule has 0 amide bonds. The van der Waals surface area contributed by atoms with Crippen LogP contribution in [0.1, 0.15) is 26.3 Å². The molecule has 0 radical (unpaired) electrons. The van der Waals surface area contributed by atoms with Gasteiger partial charge in [-0.1, -0.05) is 6.07 Å². The molecule has 0 atom stereocenters. The van der Waals surface area contributed by atoms with E-state index < -0.39 is 0 Å². The van der Waals surface area contributed by atoms with Crippen molar-refractivity contribution in [3.05, 3.63) is 23.9 Å². The molecule has 0 aromatic carbocycles. The summed E-state index contributed by atoms with van der Waals surface area (Å²) in [7, 11) is 1.78. The van der Waals surface area contributed by atoms with Gasteiger partial charge >= 0.3 is 0 Å². The maximum atomic E-state index is 5.73. The predicted octanol–water partition coefficient (Wildman–Crippen LogP) is 1.26. The molecule has 1 aromatic rings. The lowest BCUT2D eigenvalue weighted by Gasteiger charge is -2.26. The molecule has 7 nitrogen and oxygen atoms in total. The fraction of sp³-hybridized carbons (Fsp3) is 0.667. The highest BCUT2D eigenvalue weighted by Gasteiger charge is 2.12. The summed E-state index contributed by atoms with van der Waals surface area (Å²) in [6.07, 6.45) is 1.83. The zero-order valence-corrected chi connectivity index (χ0v) is 15.8. The zero-order valence-electron chi connectivity index (χ0n) is 15.8. The molecule has 7 heteroatoms. The minimum atomic E-state index is -0.237. The van der Waals surface area contributed by atoms with Crippen molar-refractivity contribution in [3.63, 3.8) is 0 Å². The molecule has 1 fully saturated rings. The van der Waals surface area contributed by atoms with Crippen molar-refractivity contribution in [2.45, 2.75) is 32.9 Å². The molecular weight excluding hydrogens is 318 g/mol. The highest BCUT2D eigenvalue weighted by molar-refractivity contribution is 5.79. The molecule has 1 aromatic heterocycles. The summed E-state index contributed by atoms with van der Waals surface area (Å²) in [5.74, 6) is 1.44. The van der Waals surface area contributed by atoms with Crippen LogP contribution in [-0.4, -0.2) is 67.9 Å². The third-order valence-electron chi connectivity index (χ3n) is 3.72. The molecule has 0 aliphatic carbocycles. The van der Waals surface area contributed by atoms with Crippen LogP contribution in [0, 0.1) is 0 Å². The summed E-state index contributed by atoms with van der Waals surface area (Å²) in [6, 6.07) is 3.92. The van der Waals surface area contributed by atoms with E-state index in [1.165, 1.54) is 0 Å². The third-order valence-corrected chi connectivity index (χ3v) is 3.72. The number of aromatic nitrogens is 1. The molecule has 1 saturated heterocycles. The van der Waals surface area contributed by atoms with E-state index in [9.17, 15) is 0 Å². The van der Waals surface area contributed by atoms with Crippen molar-refractivity contribution in [1.29, 1.82) is 0 Å². The van der Waals surface area contributed by atoms with Gasteiger partial charge in [0.25, 0.3) is 0 Å². The highest BCUT2D eigenvalue weighted by Crippen LogP contribution is 2.15. The second kappa shape index (κ2) is 9.58. The number of ether oxygens (including phenoxy) is 2. The van der Waals surface area contributed by atoms with Gasteiger partial charge in [0.2, 0.25) is 5.88 Å². The second-order valence-corrected chi connectivity index (χ2v) is 7.03. The number of morpholine rings is 1. The van der Waals surface area contributed by atoms with Crippen LogP contribution < -0.4 is 15.4 Å². The van der Waals surface area contributed by atoms with Crippen LogP contribution in [0.15, 0.2) is 23.3 Å². The van der Waals surface area contributed by atoms with E-state index in [4.69, 9.17) is 9.47 Å². The Labute approximate surface area is 150 Å². The van der Waals surface area contributed by atoms with Gasteiger partial charge in [-0.3, -0.25) is 9.89 Å². The van der Waals surface area contributed by atoms with Gasteiger partial charge in [0.05, 0.1) is 13.2 Å². The Balaban J connectivity index is 1.70. The molecule has 140 valence electrons. The van der Waals surface area contributed by atoms with Crippen molar-refractivity contribution in [2.24, 2.45) is 4.99 Å². The molecular formula is C18H31N5O2. The van der Waals surface area contributed by atoms with Crippen LogP contribution in [0.3, 0.4) is 0 Å². The van der Waals surface area contributed by atoms with E-state index in [0.717, 1.165) is 50.9 Å². The summed E-state index contributed by atoms with van der Waals surface area (Å²) in [5.41, 5.74) is 0.844. The Morgan fingerprint density at radius 3 is 2.64 bits per heavy atom. The Bertz CT molecular complexity index is 533. The molecule has 0 unspecified atom stereocenters. The summed E-state index contributed by atoms with van der Waals surface area (Å²) < 4.78 is 11.1. The number of nitrogens with zero attached hydrogens (tertiary/aromatic N) is 3. The van der Waals surface area contributed by atoms with Crippen molar-refractivity contribution < 1.29 is 9.47 Å². The van der Waals surface area contributed by atoms with Crippen molar-refractivity contribution >= 4 is 5.96 Å². The average molecular weight is 349 g/mol. The van der Waals surface area contributed by atoms with Crippen LogP contribution in [-0.2, 0) is 11.3 Å². The average Bonchev–Trinajstić information content (AvgIpc) is 2.59. The molecule has 2 N–H and O–H groups in total. The van der Waals surface area contributed by atoms with E-state index in [0.29, 0.717) is 12.4 Å². The number of hydrogen-bond donors (Lipinski definition) is 2. The fourth-order valence-corrected chi connectivity index (χ4v) is 2.45. The predicted molar refractivity (Wildman–Crippen MR) is 100 cm³/mol. The first kappa shape index (κ1) is 19.5. The smallest absolute Gasteiger partial charge is 0.213 e. The van der Waals surface area contributed by atoms with Crippen molar-refractivity contribution in [3.8, 4) is 5.88 Å². The quantitative estimate of drug-likeness (QED) is 0.595. The van der Waals surface area contributed by atoms with E-state index in [-0.39, 0.29) is 5.60 Å². The molecule has 0 saturated carbocycles. The van der Waals surface area contributed by atoms with Crippen LogP contribution in [0.25, 0.3) is 0 Å². The summed E-state index contributed by atoms with van der Waals surface area (Å²) in [6.45, 7) is 12.2. The van der Waals surface area contributed by atoms with E-state index in [1.54, 1.807) is 7.05 Å². The number of pyridine rings is 1. The fourth-order valence-electron chi connectivity index (χ4n) is 2.45. The highest BCUT2D eigenvalue weighted by atomic mass is 16.5. The van der Waals surface area contributed by atoms with Gasteiger partial charge < -0.3 is 20.1 Å². The topological polar surface area (TPSA) is 71.0 Å². The number of rotatable bonds is 6. The normalized spacial score (nSPS) is 16.6. The molecule has 25 heavy (non-hydrogen) atoms. The number of guanidine groups is 1. The standard InChI is InChI=1S/C18H31N5O2/c1-18(2,3)25-16-6-5-15(13-21-16)14-22-17(19-4)20-7-8-23-9-11-24-12-10-23/h5-6,13H,7-12,14H2,1-4H3,(H2,19,20,22). The molecule has 1 aliphatic rings. The number of aliphatic imine (C=N–C) groups is 1. The van der Waals surface area contributed by atoms with Crippen LogP contribution in [0.4, 0.5) is 0 Å². The van der Waals surface area contributed by atoms with Crippen molar-refractivity contribution in [1.82, 2.24) is 20.5 Å². The Morgan fingerprint density at radius 1 is 1.28 bits per heavy atom. The zero-order chi connectivity index (χ0) is 18.1. The van der Waals surface area contributed by atoms with Gasteiger partial charge in [-0.2, -0.15) is 0 Å². The molecule has 2 heterocycles. The largest absolute Gasteiger partial charge is 0.472 e. The lowest BCUT2D eigenvalue weighted by atomic mass is 10.2. The van der Waals surface area contributed by atoms with Gasteiger partial charge in [0.15, 0.2) is 5.96 Å². The summed E-state index contributed by atoms with van der Waals surface area (Å²) >= 11 is 0. The van der Waals surface area contributed by atoms with Crippen LogP contribution in [0.5, 0.6) is 5.88 Å². The maximum absolute atomic E-state index is 5.73. The number of hydrogen-bond acceptors (Lipinski definition) is 5. The second-order valence-electron chi connectivity index (χ2n) is 7.03. The summed E-state index contributed by atoms with van der Waals surface area (Å²) in [5, 5.41) is 6.65. The van der Waals surface area contributed by atoms with Gasteiger partial charge in [0, 0.05) is 52.0 Å². The van der Waals surface area contributed by atoms with Gasteiger partial charge in [0.1, 0.15) is 5.60 Å². The lowest BCUT2D eigenvalue weighted by molar-refractivity contribution is 0.0389. The van der Waals surface area contributed by atoms with Crippen LogP contribution >= 0.6 is 0 Å². The van der Waals surface area contributed by atoms with Crippen molar-refractivity contribution in [2.75, 3.05) is 46.4 Å². The summed E-state index contributed by atoms with van der Waals surface area (Å²) in [4.78, 5) is 11.0. The Morgan fingerprint density at radius 2 is 2.04 bits per heavy atom. The third kappa shape index (κ3) is 7.70. The molecule has 0 bridgehead atoms. The lowest BCUT2D eigenvalue weighted by Crippen LogP contribution is -2.44. The van der Waals surface area contributed by atoms with E-state index in [1.807, 2.05) is 39.1 Å². The van der Waals surface area contributed by atoms with E-state index in [2.05, 4.69) is 25.5 Å². The minimum Gasteiger partial charge on any atom is -0.472 e. The molecule has 0 spiro atoms. The Hall–Kier alpha value is -1.86. The van der Waals surface area contributed by atoms with Gasteiger partial charge in [-0.25, -0.2) is 4.98 Å². The molecule has 1 aliphatic heterocycles. The first-order valence-corrected chi connectivity index (χ1v) is 8.85. The first-order chi connectivity index (χ1) is 12.0. The molecule has 2 rings (SSSR count).